The molecule has 1 aliphatic rings. The van der Waals surface area contributed by atoms with Gasteiger partial charge in [-0.3, -0.25) is 4.98 Å². The van der Waals surface area contributed by atoms with Crippen LogP contribution in [0.15, 0.2) is 60.8 Å². The summed E-state index contributed by atoms with van der Waals surface area (Å²) in [6.07, 6.45) is 1.86. The van der Waals surface area contributed by atoms with Gasteiger partial charge in [0.25, 0.3) is 0 Å². The van der Waals surface area contributed by atoms with Gasteiger partial charge in [0.1, 0.15) is 0 Å². The van der Waals surface area contributed by atoms with Crippen LogP contribution in [0.1, 0.15) is 62.5 Å². The summed E-state index contributed by atoms with van der Waals surface area (Å²) in [6.45, 7) is 15.3. The van der Waals surface area contributed by atoms with Gasteiger partial charge < -0.3 is 14.8 Å². The zero-order valence-corrected chi connectivity index (χ0v) is 23.0. The number of hydrogen-bond acceptors (Lipinski definition) is 2. The largest absolute Gasteiger partial charge is 0.351 e. The van der Waals surface area contributed by atoms with Gasteiger partial charge >= 0.3 is 0 Å². The van der Waals surface area contributed by atoms with Crippen molar-refractivity contribution in [1.29, 1.82) is 0 Å². The third-order valence-corrected chi connectivity index (χ3v) is 7.55. The van der Waals surface area contributed by atoms with Crippen molar-refractivity contribution in [1.82, 2.24) is 14.9 Å². The number of thiocarbonyl (C=S) groups is 1. The van der Waals surface area contributed by atoms with E-state index in [1.807, 2.05) is 18.3 Å². The molecule has 0 amide bonds. The molecule has 0 unspecified atom stereocenters. The third-order valence-electron chi connectivity index (χ3n) is 7.23. The smallest absolute Gasteiger partial charge is 0.174 e. The van der Waals surface area contributed by atoms with Crippen molar-refractivity contribution >= 4 is 23.0 Å². The summed E-state index contributed by atoms with van der Waals surface area (Å²) in [6, 6.07) is 19.5. The Kier molecular flexibility index (Phi) is 6.21. The van der Waals surface area contributed by atoms with Crippen molar-refractivity contribution in [2.24, 2.45) is 0 Å². The van der Waals surface area contributed by atoms with Gasteiger partial charge in [0.05, 0.1) is 23.5 Å². The number of aromatic nitrogens is 2. The summed E-state index contributed by atoms with van der Waals surface area (Å²) in [5.74, 6) is 0. The molecule has 4 aromatic rings. The number of nitrogens with one attached hydrogen (secondary N) is 1. The molecule has 2 aromatic heterocycles. The monoisotopic (exact) mass is 494 g/mol. The maximum atomic E-state index is 5.98. The Morgan fingerprint density at radius 1 is 0.806 bits per heavy atom. The van der Waals surface area contributed by atoms with Crippen molar-refractivity contribution in [2.75, 3.05) is 4.90 Å². The lowest BCUT2D eigenvalue weighted by Crippen LogP contribution is -2.29. The summed E-state index contributed by atoms with van der Waals surface area (Å²) in [4.78, 5) is 7.02. The second kappa shape index (κ2) is 9.21. The van der Waals surface area contributed by atoms with Crippen molar-refractivity contribution in [3.63, 3.8) is 0 Å². The highest BCUT2D eigenvalue weighted by Gasteiger charge is 2.42. The molecule has 0 aliphatic carbocycles. The fourth-order valence-corrected chi connectivity index (χ4v) is 6.34. The minimum absolute atomic E-state index is 0.0281. The molecule has 1 saturated heterocycles. The molecule has 2 aromatic carbocycles. The van der Waals surface area contributed by atoms with E-state index in [9.17, 15) is 0 Å². The molecule has 0 radical (unpaired) electrons. The zero-order valence-electron chi connectivity index (χ0n) is 22.2. The number of benzene rings is 2. The van der Waals surface area contributed by atoms with Crippen molar-refractivity contribution < 1.29 is 0 Å². The summed E-state index contributed by atoms with van der Waals surface area (Å²) in [5, 5.41) is 4.35. The van der Waals surface area contributed by atoms with E-state index < -0.39 is 0 Å². The normalized spacial score (nSPS) is 17.5. The van der Waals surface area contributed by atoms with Crippen LogP contribution < -0.4 is 10.2 Å². The maximum absolute atomic E-state index is 5.98. The lowest BCUT2D eigenvalue weighted by atomic mass is 9.96. The SMILES string of the molecule is Cc1cc(C)cc(N2C(=S)N[C@@H](c3ccccn3)[C@@H]2c2cc(C)n(-c3c(C)cc(C)cc3C)c2C)c1. The Morgan fingerprint density at radius 3 is 2.06 bits per heavy atom. The molecule has 5 rings (SSSR count). The first-order valence-electron chi connectivity index (χ1n) is 12.5. The fraction of sp³-hybridized carbons (Fsp3) is 0.290. The number of pyridine rings is 1. The predicted octanol–water partition coefficient (Wildman–Crippen LogP) is 7.21. The highest BCUT2D eigenvalue weighted by Crippen LogP contribution is 2.44. The summed E-state index contributed by atoms with van der Waals surface area (Å²) < 4.78 is 2.41. The van der Waals surface area contributed by atoms with E-state index in [4.69, 9.17) is 17.2 Å². The van der Waals surface area contributed by atoms with Crippen molar-refractivity contribution in [2.45, 2.75) is 60.5 Å². The molecule has 4 nitrogen and oxygen atoms in total. The van der Waals surface area contributed by atoms with Gasteiger partial charge in [-0.05, 0) is 119 Å². The minimum Gasteiger partial charge on any atom is -0.351 e. The third kappa shape index (κ3) is 4.11. The first-order valence-corrected chi connectivity index (χ1v) is 12.9. The first-order chi connectivity index (χ1) is 17.2. The van der Waals surface area contributed by atoms with Crippen LogP contribution >= 0.6 is 12.2 Å². The number of aryl methyl sites for hydroxylation is 6. The Bertz CT molecular complexity index is 1420. The average Bonchev–Trinajstić information content (AvgIpc) is 3.29. The Labute approximate surface area is 220 Å². The van der Waals surface area contributed by atoms with Crippen molar-refractivity contribution in [3.8, 4) is 5.69 Å². The summed E-state index contributed by atoms with van der Waals surface area (Å²) >= 11 is 5.98. The average molecular weight is 495 g/mol. The number of nitrogens with zero attached hydrogens (tertiary/aromatic N) is 3. The Hall–Kier alpha value is -3.44. The van der Waals surface area contributed by atoms with Crippen LogP contribution in [0.3, 0.4) is 0 Å². The van der Waals surface area contributed by atoms with Crippen LogP contribution in [0, 0.1) is 48.5 Å². The topological polar surface area (TPSA) is 33.1 Å². The van der Waals surface area contributed by atoms with Gasteiger partial charge in [-0.15, -0.1) is 0 Å². The van der Waals surface area contributed by atoms with Crippen LogP contribution in [0.2, 0.25) is 0 Å². The molecule has 1 fully saturated rings. The second-order valence-electron chi connectivity index (χ2n) is 10.3. The maximum Gasteiger partial charge on any atom is 0.174 e. The molecule has 0 spiro atoms. The van der Waals surface area contributed by atoms with Gasteiger partial charge in [-0.2, -0.15) is 0 Å². The van der Waals surface area contributed by atoms with E-state index in [2.05, 4.69) is 106 Å². The molecule has 2 atom stereocenters. The second-order valence-corrected chi connectivity index (χ2v) is 10.6. The molecule has 184 valence electrons. The van der Waals surface area contributed by atoms with Crippen molar-refractivity contribution in [3.05, 3.63) is 111 Å². The van der Waals surface area contributed by atoms with E-state index >= 15 is 0 Å². The lowest BCUT2D eigenvalue weighted by Gasteiger charge is -2.29. The number of rotatable bonds is 4. The van der Waals surface area contributed by atoms with Crippen LogP contribution in [0.5, 0.6) is 0 Å². The summed E-state index contributed by atoms with van der Waals surface area (Å²) in [5.41, 5.74) is 13.4. The van der Waals surface area contributed by atoms with Gasteiger partial charge in [0.15, 0.2) is 5.11 Å². The number of hydrogen-bond donors (Lipinski definition) is 1. The van der Waals surface area contributed by atoms with Crippen LogP contribution in [-0.2, 0) is 0 Å². The van der Waals surface area contributed by atoms with Gasteiger partial charge in [-0.25, -0.2) is 0 Å². The van der Waals surface area contributed by atoms with Gasteiger partial charge in [0, 0.05) is 23.3 Å². The molecule has 5 heteroatoms. The predicted molar refractivity (Wildman–Crippen MR) is 153 cm³/mol. The number of anilines is 1. The molecule has 0 bridgehead atoms. The van der Waals surface area contributed by atoms with E-state index in [0.717, 1.165) is 16.5 Å². The lowest BCUT2D eigenvalue weighted by molar-refractivity contribution is 0.565. The zero-order chi connectivity index (χ0) is 25.7. The minimum atomic E-state index is -0.0614. The summed E-state index contributed by atoms with van der Waals surface area (Å²) in [7, 11) is 0. The molecule has 0 saturated carbocycles. The van der Waals surface area contributed by atoms with E-state index in [1.165, 1.54) is 50.5 Å². The van der Waals surface area contributed by atoms with Crippen LogP contribution in [0.25, 0.3) is 5.69 Å². The Balaban J connectivity index is 1.73. The molecule has 36 heavy (non-hydrogen) atoms. The van der Waals surface area contributed by atoms with E-state index in [-0.39, 0.29) is 12.1 Å². The van der Waals surface area contributed by atoms with Gasteiger partial charge in [0.2, 0.25) is 0 Å². The van der Waals surface area contributed by atoms with Gasteiger partial charge in [-0.1, -0.05) is 29.8 Å². The highest BCUT2D eigenvalue weighted by molar-refractivity contribution is 7.80. The molecular weight excluding hydrogens is 460 g/mol. The highest BCUT2D eigenvalue weighted by atomic mass is 32.1. The first kappa shape index (κ1) is 24.3. The van der Waals surface area contributed by atoms with Crippen LogP contribution in [-0.4, -0.2) is 14.7 Å². The quantitative estimate of drug-likeness (QED) is 0.304. The van der Waals surface area contributed by atoms with E-state index in [0.29, 0.717) is 0 Å². The molecule has 3 heterocycles. The Morgan fingerprint density at radius 2 is 1.44 bits per heavy atom. The molecular formula is C31H34N4S. The standard InChI is InChI=1S/C31H34N4S/c1-18-12-19(2)16-25(15-18)35-30(28(33-31(35)36)27-10-8-9-11-32-27)26-17-23(6)34(24(26)7)29-21(4)13-20(3)14-22(29)5/h8-17,28,30H,1-7H3,(H,33,36)/t28-,30-/m0/s1. The fourth-order valence-electron chi connectivity index (χ4n) is 5.99. The molecule has 1 aliphatic heterocycles. The molecule has 1 N–H and O–H groups in total. The van der Waals surface area contributed by atoms with E-state index in [1.54, 1.807) is 0 Å². The van der Waals surface area contributed by atoms with Crippen LogP contribution in [0.4, 0.5) is 5.69 Å².